The first-order chi connectivity index (χ1) is 28.8. The number of aromatic nitrogens is 2. The summed E-state index contributed by atoms with van der Waals surface area (Å²) >= 11 is 0. The van der Waals surface area contributed by atoms with E-state index < -0.39 is 0 Å². The molecule has 1 aliphatic heterocycles. The molecular formula is C54H36N3O+. The van der Waals surface area contributed by atoms with Gasteiger partial charge in [-0.05, 0) is 84.8 Å². The van der Waals surface area contributed by atoms with Gasteiger partial charge in [-0.3, -0.25) is 0 Å². The van der Waals surface area contributed by atoms with E-state index in [4.69, 9.17) is 4.42 Å². The number of rotatable bonds is 4. The van der Waals surface area contributed by atoms with E-state index in [9.17, 15) is 0 Å². The third kappa shape index (κ3) is 4.38. The van der Waals surface area contributed by atoms with Crippen molar-refractivity contribution < 1.29 is 9.32 Å². The van der Waals surface area contributed by atoms with E-state index in [0.29, 0.717) is 0 Å². The average Bonchev–Trinajstić information content (AvgIpc) is 4.03. The summed E-state index contributed by atoms with van der Waals surface area (Å²) in [6, 6.07) is 66.2. The van der Waals surface area contributed by atoms with E-state index in [-0.39, 0.29) is 5.92 Å². The molecule has 8 aromatic carbocycles. The van der Waals surface area contributed by atoms with Crippen LogP contribution in [0.2, 0.25) is 0 Å². The number of benzene rings is 8. The highest BCUT2D eigenvalue weighted by Crippen LogP contribution is 2.47. The molecule has 0 bridgehead atoms. The number of para-hydroxylation sites is 6. The predicted molar refractivity (Wildman–Crippen MR) is 239 cm³/mol. The van der Waals surface area contributed by atoms with Gasteiger partial charge in [0, 0.05) is 61.1 Å². The Bertz CT molecular complexity index is 3540. The standard InChI is InChI=1S/C54H35N3O/c1-3-15-36(16-4-1)55-44-23-11-7-19-38(44)42-31-34(27-29-47(42)55)35-28-30-48-43(32-35)39-20-8-12-24-45(39)57(48)50-33-49-52(53-41-22-10-14-26-51(41)58-54(50)53)40-21-9-13-25-46(40)56(49)37-17-5-2-6-18-37/h1-26,28-34H,27H2/p+1. The van der Waals surface area contributed by atoms with Gasteiger partial charge in [-0.15, -0.1) is 0 Å². The number of nitrogens with one attached hydrogen (secondary N) is 1. The lowest BCUT2D eigenvalue weighted by Gasteiger charge is -2.20. The zero-order chi connectivity index (χ0) is 37.9. The molecule has 3 aromatic heterocycles. The Balaban J connectivity index is 1.04. The molecule has 0 saturated heterocycles. The lowest BCUT2D eigenvalue weighted by atomic mass is 9.86. The van der Waals surface area contributed by atoms with Crippen molar-refractivity contribution in [2.24, 2.45) is 0 Å². The van der Waals surface area contributed by atoms with Gasteiger partial charge in [0.15, 0.2) is 5.58 Å². The summed E-state index contributed by atoms with van der Waals surface area (Å²) in [5, 5.41) is 7.19. The summed E-state index contributed by atoms with van der Waals surface area (Å²) in [7, 11) is 0. The maximum absolute atomic E-state index is 6.96. The van der Waals surface area contributed by atoms with E-state index in [1.807, 2.05) is 0 Å². The maximum Gasteiger partial charge on any atom is 0.160 e. The molecule has 0 radical (unpaired) electrons. The molecule has 4 heteroatoms. The van der Waals surface area contributed by atoms with Gasteiger partial charge in [0.2, 0.25) is 0 Å². The molecule has 272 valence electrons. The van der Waals surface area contributed by atoms with Crippen LogP contribution >= 0.6 is 0 Å². The van der Waals surface area contributed by atoms with Crippen LogP contribution in [0.3, 0.4) is 0 Å². The van der Waals surface area contributed by atoms with Crippen LogP contribution in [0.5, 0.6) is 0 Å². The smallest absolute Gasteiger partial charge is 0.160 e. The second-order valence-corrected chi connectivity index (χ2v) is 15.7. The molecule has 2 unspecified atom stereocenters. The van der Waals surface area contributed by atoms with Crippen LogP contribution in [-0.2, 0) is 0 Å². The van der Waals surface area contributed by atoms with Crippen molar-refractivity contribution in [2.75, 3.05) is 0 Å². The van der Waals surface area contributed by atoms with Crippen LogP contribution in [0.25, 0.3) is 82.5 Å². The minimum Gasteiger partial charge on any atom is -0.454 e. The number of allylic oxidation sites excluding steroid dienone is 3. The molecule has 58 heavy (non-hydrogen) atoms. The van der Waals surface area contributed by atoms with Crippen molar-refractivity contribution in [1.82, 2.24) is 9.13 Å². The van der Waals surface area contributed by atoms with Gasteiger partial charge in [-0.2, -0.15) is 0 Å². The molecule has 1 N–H and O–H groups in total. The predicted octanol–water partition coefficient (Wildman–Crippen LogP) is 13.1. The first-order valence-corrected chi connectivity index (χ1v) is 20.2. The fourth-order valence-electron chi connectivity index (χ4n) is 10.2. The number of fused-ring (bicyclic) bond motifs is 13. The highest BCUT2D eigenvalue weighted by Gasteiger charge is 2.38. The normalized spacial score (nSPS) is 16.4. The van der Waals surface area contributed by atoms with Gasteiger partial charge < -0.3 is 13.6 Å². The third-order valence-electron chi connectivity index (χ3n) is 12.7. The van der Waals surface area contributed by atoms with Crippen molar-refractivity contribution in [3.8, 4) is 11.4 Å². The molecule has 2 atom stereocenters. The van der Waals surface area contributed by atoms with E-state index >= 15 is 0 Å². The Hall–Kier alpha value is -7.40. The number of furan rings is 1. The maximum atomic E-state index is 6.96. The number of hydrogen-bond acceptors (Lipinski definition) is 1. The largest absolute Gasteiger partial charge is 0.454 e. The quantitative estimate of drug-likeness (QED) is 0.191. The summed E-state index contributed by atoms with van der Waals surface area (Å²) in [5.41, 5.74) is 16.6. The molecule has 4 heterocycles. The molecule has 1 aliphatic carbocycles. The zero-order valence-electron chi connectivity index (χ0n) is 31.6. The number of hydrogen-bond donors (Lipinski definition) is 1. The Morgan fingerprint density at radius 2 is 1.19 bits per heavy atom. The molecule has 0 fully saturated rings. The number of quaternary nitrogens is 1. The summed E-state index contributed by atoms with van der Waals surface area (Å²) in [6.07, 6.45) is 5.96. The van der Waals surface area contributed by atoms with E-state index in [0.717, 1.165) is 50.8 Å². The van der Waals surface area contributed by atoms with E-state index in [1.54, 1.807) is 0 Å². The molecule has 2 aliphatic rings. The fraction of sp³-hybridized carbons (Fsp3) is 0.0370. The minimum absolute atomic E-state index is 0.258. The lowest BCUT2D eigenvalue weighted by Crippen LogP contribution is -2.98. The summed E-state index contributed by atoms with van der Waals surface area (Å²) in [6.45, 7) is 0. The highest BCUT2D eigenvalue weighted by atomic mass is 16.3. The second-order valence-electron chi connectivity index (χ2n) is 15.7. The average molecular weight is 743 g/mol. The summed E-state index contributed by atoms with van der Waals surface area (Å²) < 4.78 is 11.8. The Kier molecular flexibility index (Phi) is 6.60. The monoisotopic (exact) mass is 742 g/mol. The van der Waals surface area contributed by atoms with Crippen LogP contribution in [-0.4, -0.2) is 9.13 Å². The molecule has 0 spiro atoms. The lowest BCUT2D eigenvalue weighted by molar-refractivity contribution is -0.704. The van der Waals surface area contributed by atoms with Crippen molar-refractivity contribution in [3.63, 3.8) is 0 Å². The highest BCUT2D eigenvalue weighted by molar-refractivity contribution is 6.29. The topological polar surface area (TPSA) is 27.4 Å². The first-order valence-electron chi connectivity index (χ1n) is 20.2. The van der Waals surface area contributed by atoms with E-state index in [1.165, 1.54) is 71.3 Å². The van der Waals surface area contributed by atoms with Gasteiger partial charge in [-0.25, -0.2) is 4.90 Å². The summed E-state index contributed by atoms with van der Waals surface area (Å²) in [5.74, 6) is 0.258. The second kappa shape index (κ2) is 12.1. The van der Waals surface area contributed by atoms with Crippen LogP contribution in [0.1, 0.15) is 23.5 Å². The Morgan fingerprint density at radius 3 is 2.03 bits per heavy atom. The van der Waals surface area contributed by atoms with Crippen LogP contribution in [0, 0.1) is 0 Å². The van der Waals surface area contributed by atoms with E-state index in [2.05, 4.69) is 203 Å². The SMILES string of the molecule is C1=C2C(=CCC1c1ccc3c(c1)c1ccccc1n3-c1cc3c(c4ccccc4n3-c3ccccc3)c3c1oc1ccccc13)[NH+](c1ccccc1)c1ccccc12. The third-order valence-corrected chi connectivity index (χ3v) is 12.7. The van der Waals surface area contributed by atoms with Crippen molar-refractivity contribution >= 4 is 82.5 Å². The van der Waals surface area contributed by atoms with Crippen molar-refractivity contribution in [1.29, 1.82) is 0 Å². The number of nitrogens with zero attached hydrogens (tertiary/aromatic N) is 2. The summed E-state index contributed by atoms with van der Waals surface area (Å²) in [4.78, 5) is 1.35. The van der Waals surface area contributed by atoms with Gasteiger partial charge in [0.1, 0.15) is 22.7 Å². The Morgan fingerprint density at radius 1 is 0.517 bits per heavy atom. The zero-order valence-corrected chi connectivity index (χ0v) is 31.6. The molecule has 0 amide bonds. The van der Waals surface area contributed by atoms with Crippen LogP contribution in [0.15, 0.2) is 204 Å². The van der Waals surface area contributed by atoms with Crippen LogP contribution in [0.4, 0.5) is 11.4 Å². The van der Waals surface area contributed by atoms with Gasteiger partial charge in [0.05, 0.1) is 27.8 Å². The fourth-order valence-corrected chi connectivity index (χ4v) is 10.2. The van der Waals surface area contributed by atoms with Crippen LogP contribution < -0.4 is 4.90 Å². The molecule has 4 nitrogen and oxygen atoms in total. The van der Waals surface area contributed by atoms with Gasteiger partial charge >= 0.3 is 0 Å². The molecule has 11 aromatic rings. The Labute approximate surface area is 334 Å². The minimum atomic E-state index is 0.258. The van der Waals surface area contributed by atoms with Gasteiger partial charge in [0.25, 0.3) is 0 Å². The van der Waals surface area contributed by atoms with Gasteiger partial charge in [-0.1, -0.05) is 115 Å². The first kappa shape index (κ1) is 31.8. The molecular weight excluding hydrogens is 707 g/mol. The molecule has 0 saturated carbocycles. The van der Waals surface area contributed by atoms with Crippen molar-refractivity contribution in [2.45, 2.75) is 12.3 Å². The van der Waals surface area contributed by atoms with Crippen molar-refractivity contribution in [3.05, 3.63) is 211 Å². The molecule has 13 rings (SSSR count).